The van der Waals surface area contributed by atoms with Crippen LogP contribution in [0.15, 0.2) is 36.4 Å². The van der Waals surface area contributed by atoms with Gasteiger partial charge in [0, 0.05) is 23.0 Å². The van der Waals surface area contributed by atoms with Crippen LogP contribution in [0.2, 0.25) is 0 Å². The number of benzene rings is 2. The van der Waals surface area contributed by atoms with Gasteiger partial charge in [0.05, 0.1) is 6.61 Å². The Kier molecular flexibility index (Phi) is 5.02. The van der Waals surface area contributed by atoms with Crippen LogP contribution >= 0.6 is 0 Å². The molecule has 0 saturated heterocycles. The number of hydrogen-bond donors (Lipinski definition) is 1. The molecule has 0 radical (unpaired) electrons. The summed E-state index contributed by atoms with van der Waals surface area (Å²) in [6, 6.07) is 13.5. The summed E-state index contributed by atoms with van der Waals surface area (Å²) in [7, 11) is 0. The highest BCUT2D eigenvalue weighted by molar-refractivity contribution is 5.89. The zero-order valence-corrected chi connectivity index (χ0v) is 12.9. The molecule has 2 aromatic rings. The van der Waals surface area contributed by atoms with Crippen LogP contribution in [0, 0.1) is 0 Å². The lowest BCUT2D eigenvalue weighted by molar-refractivity contribution is 0.314. The van der Waals surface area contributed by atoms with E-state index in [-0.39, 0.29) is 6.04 Å². The molecule has 108 valence electrons. The van der Waals surface area contributed by atoms with E-state index < -0.39 is 0 Å². The maximum absolute atomic E-state index is 6.06. The summed E-state index contributed by atoms with van der Waals surface area (Å²) in [5.74, 6) is 1.03. The molecule has 0 fully saturated rings. The van der Waals surface area contributed by atoms with E-state index >= 15 is 0 Å². The molecule has 2 rings (SSSR count). The molecule has 0 aliphatic carbocycles. The second kappa shape index (κ2) is 6.76. The van der Waals surface area contributed by atoms with Gasteiger partial charge in [0.15, 0.2) is 0 Å². The topological polar surface area (TPSA) is 21.3 Å². The summed E-state index contributed by atoms with van der Waals surface area (Å²) in [5.41, 5.74) is 1.24. The maximum atomic E-state index is 6.06. The molecule has 1 atom stereocenters. The lowest BCUT2D eigenvalue weighted by atomic mass is 10.0. The van der Waals surface area contributed by atoms with Crippen molar-refractivity contribution in [3.05, 3.63) is 42.0 Å². The average Bonchev–Trinajstić information content (AvgIpc) is 2.43. The summed E-state index contributed by atoms with van der Waals surface area (Å²) >= 11 is 0. The summed E-state index contributed by atoms with van der Waals surface area (Å²) in [6.45, 7) is 9.44. The third-order valence-electron chi connectivity index (χ3n) is 3.41. The molecular formula is C18H25NO. The van der Waals surface area contributed by atoms with Crippen LogP contribution in [0.5, 0.6) is 5.75 Å². The molecule has 2 nitrogen and oxygen atoms in total. The van der Waals surface area contributed by atoms with Crippen molar-refractivity contribution in [2.24, 2.45) is 0 Å². The zero-order chi connectivity index (χ0) is 14.5. The minimum atomic E-state index is 0.284. The van der Waals surface area contributed by atoms with Gasteiger partial charge in [-0.25, -0.2) is 0 Å². The molecule has 0 aliphatic heterocycles. The van der Waals surface area contributed by atoms with Crippen molar-refractivity contribution in [3.8, 4) is 5.75 Å². The van der Waals surface area contributed by atoms with Crippen molar-refractivity contribution < 1.29 is 4.74 Å². The minimum Gasteiger partial charge on any atom is -0.493 e. The molecule has 0 bridgehead atoms. The van der Waals surface area contributed by atoms with E-state index in [2.05, 4.69) is 69.4 Å². The van der Waals surface area contributed by atoms with Gasteiger partial charge in [-0.15, -0.1) is 0 Å². The number of hydrogen-bond acceptors (Lipinski definition) is 2. The van der Waals surface area contributed by atoms with Crippen LogP contribution < -0.4 is 10.1 Å². The maximum Gasteiger partial charge on any atom is 0.131 e. The van der Waals surface area contributed by atoms with Gasteiger partial charge in [-0.2, -0.15) is 0 Å². The number of ether oxygens (including phenoxy) is 1. The molecule has 0 spiro atoms. The van der Waals surface area contributed by atoms with Gasteiger partial charge in [0.2, 0.25) is 0 Å². The summed E-state index contributed by atoms with van der Waals surface area (Å²) in [4.78, 5) is 0. The quantitative estimate of drug-likeness (QED) is 0.823. The fourth-order valence-electron chi connectivity index (χ4n) is 2.56. The lowest BCUT2D eigenvalue weighted by Gasteiger charge is -2.21. The second-order valence-corrected chi connectivity index (χ2v) is 5.60. The van der Waals surface area contributed by atoms with Gasteiger partial charge < -0.3 is 10.1 Å². The molecule has 1 unspecified atom stereocenters. The Balaban J connectivity index is 2.46. The standard InChI is InChI=1S/C18H25NO/c1-5-12-20-18-16(14(4)19-13(2)3)11-10-15-8-6-7-9-17(15)18/h6-11,13-14,19H,5,12H2,1-4H3. The summed E-state index contributed by atoms with van der Waals surface area (Å²) in [5, 5.41) is 6.00. The van der Waals surface area contributed by atoms with E-state index in [1.807, 2.05) is 0 Å². The van der Waals surface area contributed by atoms with Gasteiger partial charge in [0.1, 0.15) is 5.75 Å². The normalized spacial score (nSPS) is 12.8. The van der Waals surface area contributed by atoms with E-state index in [0.29, 0.717) is 6.04 Å². The molecule has 0 aromatic heterocycles. The van der Waals surface area contributed by atoms with E-state index in [4.69, 9.17) is 4.74 Å². The molecule has 0 amide bonds. The van der Waals surface area contributed by atoms with Crippen molar-refractivity contribution in [2.45, 2.75) is 46.2 Å². The largest absolute Gasteiger partial charge is 0.493 e. The van der Waals surface area contributed by atoms with Crippen LogP contribution in [0.4, 0.5) is 0 Å². The molecular weight excluding hydrogens is 246 g/mol. The van der Waals surface area contributed by atoms with E-state index in [1.165, 1.54) is 16.3 Å². The average molecular weight is 271 g/mol. The molecule has 0 saturated carbocycles. The Bertz CT molecular complexity index is 562. The molecule has 1 N–H and O–H groups in total. The van der Waals surface area contributed by atoms with E-state index in [1.54, 1.807) is 0 Å². The predicted molar refractivity (Wildman–Crippen MR) is 86.4 cm³/mol. The highest BCUT2D eigenvalue weighted by Crippen LogP contribution is 2.34. The van der Waals surface area contributed by atoms with Crippen molar-refractivity contribution >= 4 is 10.8 Å². The smallest absolute Gasteiger partial charge is 0.131 e. The van der Waals surface area contributed by atoms with Crippen molar-refractivity contribution in [1.29, 1.82) is 0 Å². The van der Waals surface area contributed by atoms with Gasteiger partial charge in [-0.05, 0) is 18.7 Å². The van der Waals surface area contributed by atoms with Gasteiger partial charge >= 0.3 is 0 Å². The zero-order valence-electron chi connectivity index (χ0n) is 12.9. The van der Waals surface area contributed by atoms with Crippen LogP contribution in [0.1, 0.15) is 45.7 Å². The fraction of sp³-hybridized carbons (Fsp3) is 0.444. The number of fused-ring (bicyclic) bond motifs is 1. The highest BCUT2D eigenvalue weighted by atomic mass is 16.5. The van der Waals surface area contributed by atoms with Crippen LogP contribution in [0.25, 0.3) is 10.8 Å². The first-order chi connectivity index (χ1) is 9.63. The minimum absolute atomic E-state index is 0.284. The summed E-state index contributed by atoms with van der Waals surface area (Å²) in [6.07, 6.45) is 1.02. The van der Waals surface area contributed by atoms with Crippen LogP contribution in [-0.4, -0.2) is 12.6 Å². The highest BCUT2D eigenvalue weighted by Gasteiger charge is 2.15. The third kappa shape index (κ3) is 3.31. The fourth-order valence-corrected chi connectivity index (χ4v) is 2.56. The molecule has 0 heterocycles. The van der Waals surface area contributed by atoms with Gasteiger partial charge in [-0.3, -0.25) is 0 Å². The van der Waals surface area contributed by atoms with E-state index in [0.717, 1.165) is 18.8 Å². The SMILES string of the molecule is CCCOc1c(C(C)NC(C)C)ccc2ccccc12. The lowest BCUT2D eigenvalue weighted by Crippen LogP contribution is -2.26. The van der Waals surface area contributed by atoms with Crippen molar-refractivity contribution in [1.82, 2.24) is 5.32 Å². The van der Waals surface area contributed by atoms with Gasteiger partial charge in [-0.1, -0.05) is 57.2 Å². The third-order valence-corrected chi connectivity index (χ3v) is 3.41. The first-order valence-electron chi connectivity index (χ1n) is 7.54. The molecule has 0 aliphatic rings. The predicted octanol–water partition coefficient (Wildman–Crippen LogP) is 4.69. The second-order valence-electron chi connectivity index (χ2n) is 5.60. The first-order valence-corrected chi connectivity index (χ1v) is 7.54. The Morgan fingerprint density at radius 1 is 1.05 bits per heavy atom. The summed E-state index contributed by atoms with van der Waals surface area (Å²) < 4.78 is 6.06. The Morgan fingerprint density at radius 3 is 2.50 bits per heavy atom. The molecule has 2 heteroatoms. The number of nitrogens with one attached hydrogen (secondary N) is 1. The van der Waals surface area contributed by atoms with Crippen LogP contribution in [-0.2, 0) is 0 Å². The first kappa shape index (κ1) is 14.9. The Hall–Kier alpha value is -1.54. The van der Waals surface area contributed by atoms with Crippen molar-refractivity contribution in [2.75, 3.05) is 6.61 Å². The Morgan fingerprint density at radius 2 is 1.80 bits per heavy atom. The molecule has 2 aromatic carbocycles. The molecule has 20 heavy (non-hydrogen) atoms. The van der Waals surface area contributed by atoms with Gasteiger partial charge in [0.25, 0.3) is 0 Å². The number of rotatable bonds is 6. The van der Waals surface area contributed by atoms with Crippen molar-refractivity contribution in [3.63, 3.8) is 0 Å². The van der Waals surface area contributed by atoms with E-state index in [9.17, 15) is 0 Å². The Labute approximate surface area is 122 Å². The van der Waals surface area contributed by atoms with Crippen LogP contribution in [0.3, 0.4) is 0 Å². The monoisotopic (exact) mass is 271 g/mol.